The molecule has 406 valence electrons. The molecule has 0 radical (unpaired) electrons. The van der Waals surface area contributed by atoms with E-state index in [1.807, 2.05) is 0 Å². The Hall–Kier alpha value is -2.11. The van der Waals surface area contributed by atoms with Crippen LogP contribution in [0.15, 0.2) is 24.3 Å². The summed E-state index contributed by atoms with van der Waals surface area (Å²) in [4.78, 5) is 38.2. The first-order chi connectivity index (χ1) is 34.0. The molecule has 0 aliphatic rings. The topological polar surface area (TPSA) is 78.9 Å². The maximum Gasteiger partial charge on any atom is 0.306 e. The maximum absolute atomic E-state index is 12.9. The Bertz CT molecular complexity index is 1110. The fraction of sp³-hybridized carbons (Fsp3) is 0.889. The van der Waals surface area contributed by atoms with Crippen molar-refractivity contribution in [3.05, 3.63) is 24.3 Å². The van der Waals surface area contributed by atoms with Crippen molar-refractivity contribution in [2.24, 2.45) is 0 Å². The number of rotatable bonds is 57. The highest BCUT2D eigenvalue weighted by atomic mass is 16.6. The number of carbonyl (C=O) groups excluding carboxylic acids is 3. The third-order valence-electron chi connectivity index (χ3n) is 13.9. The van der Waals surface area contributed by atoms with Crippen LogP contribution in [0.2, 0.25) is 0 Å². The summed E-state index contributed by atoms with van der Waals surface area (Å²) in [5, 5.41) is 0. The fourth-order valence-corrected chi connectivity index (χ4v) is 9.26. The van der Waals surface area contributed by atoms with Gasteiger partial charge in [0.05, 0.1) is 0 Å². The van der Waals surface area contributed by atoms with Gasteiger partial charge in [-0.15, -0.1) is 0 Å². The lowest BCUT2D eigenvalue weighted by atomic mass is 10.0. The first-order valence-corrected chi connectivity index (χ1v) is 30.8. The average Bonchev–Trinajstić information content (AvgIpc) is 3.35. The first-order valence-electron chi connectivity index (χ1n) is 30.8. The van der Waals surface area contributed by atoms with Gasteiger partial charge in [-0.1, -0.05) is 276 Å². The van der Waals surface area contributed by atoms with Crippen LogP contribution >= 0.6 is 0 Å². The number of hydrogen-bond donors (Lipinski definition) is 0. The average molecular weight is 972 g/mol. The van der Waals surface area contributed by atoms with Crippen molar-refractivity contribution in [3.63, 3.8) is 0 Å². The number of unbranched alkanes of at least 4 members (excludes halogenated alkanes) is 42. The van der Waals surface area contributed by atoms with E-state index >= 15 is 0 Å². The third-order valence-corrected chi connectivity index (χ3v) is 13.9. The second kappa shape index (κ2) is 58.5. The molecule has 0 unspecified atom stereocenters. The number of hydrogen-bond acceptors (Lipinski definition) is 6. The molecular weight excluding hydrogens is 853 g/mol. The van der Waals surface area contributed by atoms with Gasteiger partial charge in [-0.05, 0) is 70.6 Å². The molecule has 0 aromatic carbocycles. The van der Waals surface area contributed by atoms with Gasteiger partial charge in [0.2, 0.25) is 0 Å². The summed E-state index contributed by atoms with van der Waals surface area (Å²) in [5.74, 6) is -0.854. The summed E-state index contributed by atoms with van der Waals surface area (Å²) in [6.07, 6.45) is 68.8. The standard InChI is InChI=1S/C63H118O6/c1-4-7-10-13-16-19-22-25-28-31-34-37-40-43-46-49-52-55-61(64)67-58-60(69-63(66)57-54-51-48-45-42-39-36-33-30-27-24-21-18-15-12-9-6-3)59-68-62(65)56-53-50-47-44-41-38-35-32-29-26-23-20-17-14-11-8-5-2/h25,27-28,30,60H,4-24,26,29,31-59H2,1-3H3/b28-25-,30-27-/t60-/m0/s1. The van der Waals surface area contributed by atoms with Gasteiger partial charge < -0.3 is 14.2 Å². The van der Waals surface area contributed by atoms with Crippen molar-refractivity contribution in [3.8, 4) is 0 Å². The van der Waals surface area contributed by atoms with E-state index in [2.05, 4.69) is 45.1 Å². The molecule has 0 heterocycles. The van der Waals surface area contributed by atoms with Crippen LogP contribution in [0.25, 0.3) is 0 Å². The molecule has 0 spiro atoms. The molecule has 0 aliphatic heterocycles. The Morgan fingerprint density at radius 2 is 0.478 bits per heavy atom. The number of allylic oxidation sites excluding steroid dienone is 4. The number of esters is 3. The SMILES string of the molecule is CCCCCCCC/C=C\CCCCCCCCCC(=O)OC[C@@H](COC(=O)CCCCCCCCCCCCCCCCCCC)OC(=O)CCCCCCCCC/C=C\CCCCCCCC. The molecule has 0 amide bonds. The number of carbonyl (C=O) groups is 3. The Labute approximate surface area is 430 Å². The minimum atomic E-state index is -0.772. The first kappa shape index (κ1) is 66.9. The second-order valence-electron chi connectivity index (χ2n) is 21.0. The van der Waals surface area contributed by atoms with E-state index in [1.165, 1.54) is 244 Å². The van der Waals surface area contributed by atoms with Gasteiger partial charge in [0.1, 0.15) is 13.2 Å². The highest BCUT2D eigenvalue weighted by molar-refractivity contribution is 5.71. The lowest BCUT2D eigenvalue weighted by Crippen LogP contribution is -2.30. The molecule has 0 aromatic rings. The van der Waals surface area contributed by atoms with Gasteiger partial charge in [0, 0.05) is 19.3 Å². The molecule has 0 bridgehead atoms. The summed E-state index contributed by atoms with van der Waals surface area (Å²) in [6.45, 7) is 6.68. The van der Waals surface area contributed by atoms with E-state index in [0.29, 0.717) is 19.3 Å². The molecule has 0 N–H and O–H groups in total. The summed E-state index contributed by atoms with van der Waals surface area (Å²) in [6, 6.07) is 0. The molecule has 6 heteroatoms. The predicted octanol–water partition coefficient (Wildman–Crippen LogP) is 20.7. The molecule has 1 atom stereocenters. The van der Waals surface area contributed by atoms with Gasteiger partial charge in [-0.2, -0.15) is 0 Å². The minimum Gasteiger partial charge on any atom is -0.462 e. The van der Waals surface area contributed by atoms with Gasteiger partial charge >= 0.3 is 17.9 Å². The van der Waals surface area contributed by atoms with E-state index in [-0.39, 0.29) is 31.1 Å². The fourth-order valence-electron chi connectivity index (χ4n) is 9.26. The molecule has 0 aromatic heterocycles. The minimum absolute atomic E-state index is 0.0695. The molecular formula is C63H118O6. The molecule has 6 nitrogen and oxygen atoms in total. The predicted molar refractivity (Wildman–Crippen MR) is 298 cm³/mol. The van der Waals surface area contributed by atoms with Crippen molar-refractivity contribution < 1.29 is 28.6 Å². The molecule has 0 saturated heterocycles. The van der Waals surface area contributed by atoms with Crippen LogP contribution in [-0.2, 0) is 28.6 Å². The summed E-state index contributed by atoms with van der Waals surface area (Å²) in [5.41, 5.74) is 0. The van der Waals surface area contributed by atoms with Crippen LogP contribution < -0.4 is 0 Å². The van der Waals surface area contributed by atoms with Crippen LogP contribution in [0.4, 0.5) is 0 Å². The molecule has 0 aliphatic carbocycles. The summed E-state index contributed by atoms with van der Waals surface area (Å²) >= 11 is 0. The monoisotopic (exact) mass is 971 g/mol. The lowest BCUT2D eigenvalue weighted by Gasteiger charge is -2.18. The second-order valence-corrected chi connectivity index (χ2v) is 21.0. The van der Waals surface area contributed by atoms with Crippen molar-refractivity contribution in [2.75, 3.05) is 13.2 Å². The highest BCUT2D eigenvalue weighted by Crippen LogP contribution is 2.17. The zero-order valence-electron chi connectivity index (χ0n) is 46.6. The van der Waals surface area contributed by atoms with Crippen LogP contribution in [-0.4, -0.2) is 37.2 Å². The van der Waals surface area contributed by atoms with Crippen molar-refractivity contribution in [2.45, 2.75) is 348 Å². The Balaban J connectivity index is 4.34. The maximum atomic E-state index is 12.9. The Morgan fingerprint density at radius 1 is 0.275 bits per heavy atom. The van der Waals surface area contributed by atoms with Gasteiger partial charge in [0.25, 0.3) is 0 Å². The smallest absolute Gasteiger partial charge is 0.306 e. The van der Waals surface area contributed by atoms with E-state index in [0.717, 1.165) is 57.8 Å². The van der Waals surface area contributed by atoms with Crippen LogP contribution in [0.5, 0.6) is 0 Å². The Morgan fingerprint density at radius 3 is 0.725 bits per heavy atom. The molecule has 0 saturated carbocycles. The zero-order valence-corrected chi connectivity index (χ0v) is 46.6. The normalized spacial score (nSPS) is 12.1. The van der Waals surface area contributed by atoms with E-state index in [1.54, 1.807) is 0 Å². The third kappa shape index (κ3) is 56.7. The highest BCUT2D eigenvalue weighted by Gasteiger charge is 2.19. The van der Waals surface area contributed by atoms with E-state index in [4.69, 9.17) is 14.2 Å². The molecule has 69 heavy (non-hydrogen) atoms. The Kier molecular flexibility index (Phi) is 56.7. The summed E-state index contributed by atoms with van der Waals surface area (Å²) < 4.78 is 16.9. The van der Waals surface area contributed by atoms with Crippen LogP contribution in [0.3, 0.4) is 0 Å². The van der Waals surface area contributed by atoms with E-state index in [9.17, 15) is 14.4 Å². The molecule has 0 fully saturated rings. The van der Waals surface area contributed by atoms with Gasteiger partial charge in [-0.3, -0.25) is 14.4 Å². The lowest BCUT2D eigenvalue weighted by molar-refractivity contribution is -0.167. The summed E-state index contributed by atoms with van der Waals surface area (Å²) in [7, 11) is 0. The van der Waals surface area contributed by atoms with Gasteiger partial charge in [-0.25, -0.2) is 0 Å². The van der Waals surface area contributed by atoms with Crippen LogP contribution in [0.1, 0.15) is 342 Å². The van der Waals surface area contributed by atoms with Crippen molar-refractivity contribution in [1.82, 2.24) is 0 Å². The van der Waals surface area contributed by atoms with Crippen molar-refractivity contribution in [1.29, 1.82) is 0 Å². The quantitative estimate of drug-likeness (QED) is 0.0261. The van der Waals surface area contributed by atoms with Crippen LogP contribution in [0, 0.1) is 0 Å². The molecule has 0 rings (SSSR count). The van der Waals surface area contributed by atoms with Gasteiger partial charge in [0.15, 0.2) is 6.10 Å². The van der Waals surface area contributed by atoms with Crippen molar-refractivity contribution >= 4 is 17.9 Å². The van der Waals surface area contributed by atoms with E-state index < -0.39 is 6.10 Å². The zero-order chi connectivity index (χ0) is 50.0. The number of ether oxygens (including phenoxy) is 3. The largest absolute Gasteiger partial charge is 0.462 e.